The second kappa shape index (κ2) is 6.72. The van der Waals surface area contributed by atoms with Crippen molar-refractivity contribution in [2.45, 2.75) is 5.51 Å². The molecule has 5 nitrogen and oxygen atoms in total. The van der Waals surface area contributed by atoms with Crippen molar-refractivity contribution in [3.63, 3.8) is 0 Å². The molecule has 0 atom stereocenters. The molecular weight excluding hydrogens is 414 g/mol. The number of ether oxygens (including phenoxy) is 1. The molecule has 0 radical (unpaired) electrons. The van der Waals surface area contributed by atoms with Gasteiger partial charge in [0.2, 0.25) is 0 Å². The minimum atomic E-state index is -5.41. The van der Waals surface area contributed by atoms with Gasteiger partial charge in [0.25, 0.3) is 0 Å². The van der Waals surface area contributed by atoms with Crippen LogP contribution in [-0.4, -0.2) is 33.0 Å². The average molecular weight is 423 g/mol. The monoisotopic (exact) mass is 423 g/mol. The number of rotatable bonds is 5. The summed E-state index contributed by atoms with van der Waals surface area (Å²) in [5.74, 6) is -0.743. The van der Waals surface area contributed by atoms with Crippen LogP contribution in [0.1, 0.15) is 10.4 Å². The summed E-state index contributed by atoms with van der Waals surface area (Å²) in [6.45, 7) is -1.15. The van der Waals surface area contributed by atoms with Gasteiger partial charge in [-0.1, -0.05) is 0 Å². The molecule has 1 aromatic rings. The van der Waals surface area contributed by atoms with Crippen molar-refractivity contribution in [3.8, 4) is 0 Å². The molecule has 1 N–H and O–H groups in total. The molecule has 0 fully saturated rings. The van der Waals surface area contributed by atoms with Crippen LogP contribution < -0.4 is 4.72 Å². The summed E-state index contributed by atoms with van der Waals surface area (Å²) in [6.07, 6.45) is 0. The topological polar surface area (TPSA) is 72.5 Å². The summed E-state index contributed by atoms with van der Waals surface area (Å²) in [5.41, 5.74) is -5.16. The normalized spacial score (nSPS) is 12.2. The third-order valence-electron chi connectivity index (χ3n) is 2.01. The molecule has 1 aromatic carbocycles. The molecule has 112 valence electrons. The van der Waals surface area contributed by atoms with Gasteiger partial charge in [-0.25, -0.2) is 17.9 Å². The number of esters is 1. The minimum absolute atomic E-state index is 0.226. The molecule has 0 aromatic heterocycles. The van der Waals surface area contributed by atoms with E-state index in [1.807, 2.05) is 22.6 Å². The van der Waals surface area contributed by atoms with Gasteiger partial charge in [-0.3, -0.25) is 0 Å². The molecule has 0 aliphatic carbocycles. The highest BCUT2D eigenvalue weighted by atomic mass is 127. The van der Waals surface area contributed by atoms with E-state index >= 15 is 0 Å². The number of carbonyl (C=O) groups is 1. The highest BCUT2D eigenvalue weighted by Gasteiger charge is 2.45. The van der Waals surface area contributed by atoms with E-state index in [2.05, 4.69) is 4.74 Å². The van der Waals surface area contributed by atoms with Crippen molar-refractivity contribution in [2.24, 2.45) is 0 Å². The van der Waals surface area contributed by atoms with Crippen LogP contribution in [-0.2, 0) is 14.8 Å². The molecule has 0 bridgehead atoms. The Hall–Kier alpha value is -0.880. The van der Waals surface area contributed by atoms with Gasteiger partial charge < -0.3 is 4.74 Å². The van der Waals surface area contributed by atoms with E-state index in [-0.39, 0.29) is 5.56 Å². The SMILES string of the molecule is O=C(OCCNS(=O)(=O)C(F)(F)F)c1ccc(I)cc1. The van der Waals surface area contributed by atoms with E-state index in [4.69, 9.17) is 0 Å². The molecule has 0 spiro atoms. The van der Waals surface area contributed by atoms with Crippen LogP contribution in [0.4, 0.5) is 13.2 Å². The lowest BCUT2D eigenvalue weighted by molar-refractivity contribution is -0.0448. The summed E-state index contributed by atoms with van der Waals surface area (Å²) in [5, 5.41) is 0. The minimum Gasteiger partial charge on any atom is -0.461 e. The first-order valence-electron chi connectivity index (χ1n) is 5.12. The Morgan fingerprint density at radius 3 is 2.30 bits per heavy atom. The maximum Gasteiger partial charge on any atom is 0.511 e. The zero-order chi connectivity index (χ0) is 15.4. The van der Waals surface area contributed by atoms with Crippen LogP contribution in [0.5, 0.6) is 0 Å². The Morgan fingerprint density at radius 1 is 1.25 bits per heavy atom. The second-order valence-electron chi connectivity index (χ2n) is 3.49. The third-order valence-corrected chi connectivity index (χ3v) is 3.92. The fourth-order valence-electron chi connectivity index (χ4n) is 1.07. The smallest absolute Gasteiger partial charge is 0.461 e. The molecule has 0 saturated carbocycles. The van der Waals surface area contributed by atoms with Gasteiger partial charge in [0.1, 0.15) is 6.61 Å². The fraction of sp³-hybridized carbons (Fsp3) is 0.300. The molecule has 20 heavy (non-hydrogen) atoms. The van der Waals surface area contributed by atoms with Crippen molar-refractivity contribution < 1.29 is 31.1 Å². The van der Waals surface area contributed by atoms with Crippen molar-refractivity contribution in [3.05, 3.63) is 33.4 Å². The summed E-state index contributed by atoms with van der Waals surface area (Å²) >= 11 is 2.04. The zero-order valence-corrected chi connectivity index (χ0v) is 12.8. The van der Waals surface area contributed by atoms with E-state index in [1.54, 1.807) is 12.1 Å². The van der Waals surface area contributed by atoms with Crippen LogP contribution in [0.3, 0.4) is 0 Å². The highest BCUT2D eigenvalue weighted by Crippen LogP contribution is 2.21. The number of hydrogen-bond donors (Lipinski definition) is 1. The fourth-order valence-corrected chi connectivity index (χ4v) is 1.95. The maximum atomic E-state index is 12.0. The number of carbonyl (C=O) groups excluding carboxylic acids is 1. The Kier molecular flexibility index (Phi) is 5.77. The molecule has 10 heteroatoms. The third kappa shape index (κ3) is 4.90. The standard InChI is InChI=1S/C10H9F3INO4S/c11-10(12,13)20(17,18)15-5-6-19-9(16)7-1-3-8(14)4-2-7/h1-4,15H,5-6H2. The van der Waals surface area contributed by atoms with Crippen molar-refractivity contribution in [1.29, 1.82) is 0 Å². The molecule has 0 aliphatic rings. The summed E-state index contributed by atoms with van der Waals surface area (Å²) in [4.78, 5) is 11.5. The summed E-state index contributed by atoms with van der Waals surface area (Å²) in [6, 6.07) is 6.29. The Bertz CT molecular complexity index is 571. The Morgan fingerprint density at radius 2 is 1.80 bits per heavy atom. The van der Waals surface area contributed by atoms with E-state index in [0.29, 0.717) is 0 Å². The number of halogens is 4. The first-order valence-corrected chi connectivity index (χ1v) is 7.68. The lowest BCUT2D eigenvalue weighted by Crippen LogP contribution is -2.38. The van der Waals surface area contributed by atoms with Crippen LogP contribution >= 0.6 is 22.6 Å². The predicted octanol–water partition coefficient (Wildman–Crippen LogP) is 1.89. The summed E-state index contributed by atoms with van der Waals surface area (Å²) in [7, 11) is -5.41. The number of alkyl halides is 3. The summed E-state index contributed by atoms with van der Waals surface area (Å²) < 4.78 is 64.0. The molecule has 0 heterocycles. The highest BCUT2D eigenvalue weighted by molar-refractivity contribution is 14.1. The van der Waals surface area contributed by atoms with Crippen LogP contribution in [0.25, 0.3) is 0 Å². The quantitative estimate of drug-likeness (QED) is 0.446. The van der Waals surface area contributed by atoms with Gasteiger partial charge in [0.05, 0.1) is 5.56 Å². The molecule has 0 amide bonds. The van der Waals surface area contributed by atoms with E-state index < -0.39 is 34.7 Å². The lowest BCUT2D eigenvalue weighted by atomic mass is 10.2. The van der Waals surface area contributed by atoms with Gasteiger partial charge in [-0.05, 0) is 46.9 Å². The van der Waals surface area contributed by atoms with Crippen molar-refractivity contribution in [2.75, 3.05) is 13.2 Å². The van der Waals surface area contributed by atoms with Gasteiger partial charge in [-0.2, -0.15) is 13.2 Å². The first-order chi connectivity index (χ1) is 9.13. The molecule has 1 rings (SSSR count). The van der Waals surface area contributed by atoms with E-state index in [0.717, 1.165) is 3.57 Å². The van der Waals surface area contributed by atoms with E-state index in [1.165, 1.54) is 16.9 Å². The lowest BCUT2D eigenvalue weighted by Gasteiger charge is -2.09. The number of benzene rings is 1. The maximum absolute atomic E-state index is 12.0. The number of hydrogen-bond acceptors (Lipinski definition) is 4. The van der Waals surface area contributed by atoms with Gasteiger partial charge in [0.15, 0.2) is 0 Å². The Labute approximate surface area is 126 Å². The predicted molar refractivity (Wildman–Crippen MR) is 72.4 cm³/mol. The molecular formula is C10H9F3INO4S. The number of nitrogens with one attached hydrogen (secondary N) is 1. The van der Waals surface area contributed by atoms with Crippen LogP contribution in [0.2, 0.25) is 0 Å². The second-order valence-corrected chi connectivity index (χ2v) is 6.49. The first kappa shape index (κ1) is 17.2. The molecule has 0 unspecified atom stereocenters. The molecule has 0 aliphatic heterocycles. The van der Waals surface area contributed by atoms with Gasteiger partial charge in [-0.15, -0.1) is 0 Å². The van der Waals surface area contributed by atoms with Crippen LogP contribution in [0, 0.1) is 3.57 Å². The van der Waals surface area contributed by atoms with Crippen LogP contribution in [0.15, 0.2) is 24.3 Å². The largest absolute Gasteiger partial charge is 0.511 e. The van der Waals surface area contributed by atoms with Crippen molar-refractivity contribution in [1.82, 2.24) is 4.72 Å². The molecule has 0 saturated heterocycles. The average Bonchev–Trinajstić information content (AvgIpc) is 2.34. The Balaban J connectivity index is 2.42. The van der Waals surface area contributed by atoms with Crippen molar-refractivity contribution >= 4 is 38.6 Å². The van der Waals surface area contributed by atoms with Gasteiger partial charge in [0, 0.05) is 10.1 Å². The van der Waals surface area contributed by atoms with Gasteiger partial charge >= 0.3 is 21.5 Å². The number of sulfonamides is 1. The van der Waals surface area contributed by atoms with E-state index in [9.17, 15) is 26.4 Å². The zero-order valence-electron chi connectivity index (χ0n) is 9.78.